The number of anilines is 3. The van der Waals surface area contributed by atoms with Gasteiger partial charge in [-0.05, 0) is 19.1 Å². The van der Waals surface area contributed by atoms with Gasteiger partial charge in [0.2, 0.25) is 17.8 Å². The number of nitrogens with one attached hydrogen (secondary N) is 1. The first-order valence-corrected chi connectivity index (χ1v) is 8.58. The van der Waals surface area contributed by atoms with Crippen molar-refractivity contribution >= 4 is 28.6 Å². The number of nitrogens with zero attached hydrogens (tertiary/aromatic N) is 5. The van der Waals surface area contributed by atoms with E-state index in [1.807, 2.05) is 0 Å². The Balaban J connectivity index is 1.73. The molecule has 0 aliphatic heterocycles. The summed E-state index contributed by atoms with van der Waals surface area (Å²) in [6.45, 7) is -1.65. The molecule has 13 heteroatoms. The lowest BCUT2D eigenvalue weighted by molar-refractivity contribution is -0.0521. The Morgan fingerprint density at radius 1 is 1.00 bits per heavy atom. The van der Waals surface area contributed by atoms with Gasteiger partial charge < -0.3 is 15.8 Å². The van der Waals surface area contributed by atoms with Gasteiger partial charge in [-0.3, -0.25) is 4.57 Å². The quantitative estimate of drug-likeness (QED) is 0.457. The van der Waals surface area contributed by atoms with Crippen LogP contribution in [-0.4, -0.2) is 31.1 Å². The Morgan fingerprint density at radius 2 is 1.77 bits per heavy atom. The Kier molecular flexibility index (Phi) is 5.01. The third-order valence-electron chi connectivity index (χ3n) is 4.09. The van der Waals surface area contributed by atoms with Crippen LogP contribution in [0.3, 0.4) is 0 Å². The van der Waals surface area contributed by atoms with E-state index < -0.39 is 29.8 Å². The van der Waals surface area contributed by atoms with Crippen molar-refractivity contribution in [2.45, 2.75) is 13.5 Å². The van der Waals surface area contributed by atoms with Crippen LogP contribution in [0.5, 0.6) is 5.75 Å². The van der Waals surface area contributed by atoms with Crippen molar-refractivity contribution in [1.29, 1.82) is 0 Å². The highest BCUT2D eigenvalue weighted by atomic mass is 19.3. The number of hydrogen-bond acceptors (Lipinski definition) is 7. The minimum Gasteiger partial charge on any atom is -0.432 e. The molecule has 0 unspecified atom stereocenters. The monoisotopic (exact) mass is 437 g/mol. The number of benzene rings is 2. The number of nitrogen functional groups attached to an aromatic ring is 1. The lowest BCUT2D eigenvalue weighted by Crippen LogP contribution is -2.10. The summed E-state index contributed by atoms with van der Waals surface area (Å²) in [7, 11) is 0. The van der Waals surface area contributed by atoms with Crippen molar-refractivity contribution in [2.24, 2.45) is 0 Å². The number of imidazole rings is 1. The van der Waals surface area contributed by atoms with Crippen molar-refractivity contribution in [3.8, 4) is 11.7 Å². The van der Waals surface area contributed by atoms with Crippen molar-refractivity contribution < 1.29 is 26.7 Å². The number of aryl methyl sites for hydroxylation is 1. The van der Waals surface area contributed by atoms with Crippen LogP contribution in [0.1, 0.15) is 5.82 Å². The van der Waals surface area contributed by atoms with E-state index in [1.165, 1.54) is 17.6 Å². The van der Waals surface area contributed by atoms with Gasteiger partial charge in [0.05, 0.1) is 5.52 Å². The normalized spacial score (nSPS) is 11.3. The summed E-state index contributed by atoms with van der Waals surface area (Å²) in [6.07, 6.45) is 0. The van der Waals surface area contributed by atoms with E-state index in [1.54, 1.807) is 0 Å². The Morgan fingerprint density at radius 3 is 2.48 bits per heavy atom. The molecule has 0 aliphatic rings. The van der Waals surface area contributed by atoms with E-state index in [0.29, 0.717) is 6.07 Å². The summed E-state index contributed by atoms with van der Waals surface area (Å²) in [5.74, 6) is -3.61. The van der Waals surface area contributed by atoms with Crippen LogP contribution in [0, 0.1) is 24.4 Å². The minimum absolute atomic E-state index is 0.0612. The lowest BCUT2D eigenvalue weighted by Gasteiger charge is -2.11. The van der Waals surface area contributed by atoms with Gasteiger partial charge in [-0.25, -0.2) is 18.2 Å². The average Bonchev–Trinajstić information content (AvgIpc) is 2.99. The molecule has 0 amide bonds. The smallest absolute Gasteiger partial charge is 0.387 e. The maximum Gasteiger partial charge on any atom is 0.387 e. The van der Waals surface area contributed by atoms with Gasteiger partial charge in [-0.2, -0.15) is 23.7 Å². The molecular weight excluding hydrogens is 425 g/mol. The molecule has 0 atom stereocenters. The van der Waals surface area contributed by atoms with Gasteiger partial charge in [0.15, 0.2) is 17.4 Å². The Hall–Kier alpha value is -4.03. The summed E-state index contributed by atoms with van der Waals surface area (Å²) >= 11 is 0. The first-order valence-electron chi connectivity index (χ1n) is 8.58. The minimum atomic E-state index is -3.18. The van der Waals surface area contributed by atoms with Crippen LogP contribution in [0.2, 0.25) is 0 Å². The van der Waals surface area contributed by atoms with Crippen LogP contribution in [0.4, 0.5) is 39.5 Å². The fourth-order valence-electron chi connectivity index (χ4n) is 2.91. The van der Waals surface area contributed by atoms with E-state index in [0.717, 1.165) is 18.2 Å². The van der Waals surface area contributed by atoms with E-state index in [-0.39, 0.29) is 40.4 Å². The number of hydrogen-bond donors (Lipinski definition) is 2. The number of aromatic nitrogens is 5. The standard InChI is InChI=1S/C18H12F5N7O/c1-7-25-14-11(21)4-8(19)5-12(14)30(7)18-28-16(24)27-17(29-18)26-9-2-3-13(10(20)6-9)31-15(22)23/h2-6,15H,1H3,(H3,24,26,27,28,29). The number of ether oxygens (including phenoxy) is 1. The molecule has 0 saturated carbocycles. The third-order valence-corrected chi connectivity index (χ3v) is 4.09. The van der Waals surface area contributed by atoms with Crippen LogP contribution in [0.25, 0.3) is 17.0 Å². The molecule has 3 N–H and O–H groups in total. The predicted molar refractivity (Wildman–Crippen MR) is 99.8 cm³/mol. The highest BCUT2D eigenvalue weighted by Gasteiger charge is 2.18. The summed E-state index contributed by atoms with van der Waals surface area (Å²) < 4.78 is 71.6. The van der Waals surface area contributed by atoms with Crippen LogP contribution in [0.15, 0.2) is 30.3 Å². The molecule has 4 rings (SSSR count). The second-order valence-corrected chi connectivity index (χ2v) is 6.22. The average molecular weight is 437 g/mol. The van der Waals surface area contributed by atoms with E-state index in [4.69, 9.17) is 5.73 Å². The lowest BCUT2D eigenvalue weighted by atomic mass is 10.3. The maximum absolute atomic E-state index is 14.1. The highest BCUT2D eigenvalue weighted by molar-refractivity contribution is 5.78. The van der Waals surface area contributed by atoms with Crippen molar-refractivity contribution in [3.63, 3.8) is 0 Å². The molecule has 0 spiro atoms. The number of rotatable bonds is 5. The van der Waals surface area contributed by atoms with Crippen LogP contribution >= 0.6 is 0 Å². The predicted octanol–water partition coefficient (Wildman–Crippen LogP) is 3.86. The molecule has 0 bridgehead atoms. The van der Waals surface area contributed by atoms with Gasteiger partial charge in [0.25, 0.3) is 0 Å². The highest BCUT2D eigenvalue weighted by Crippen LogP contribution is 2.26. The first kappa shape index (κ1) is 20.3. The molecule has 2 aromatic heterocycles. The van der Waals surface area contributed by atoms with Crippen molar-refractivity contribution in [1.82, 2.24) is 24.5 Å². The third kappa shape index (κ3) is 4.01. The second kappa shape index (κ2) is 7.66. The van der Waals surface area contributed by atoms with Gasteiger partial charge in [0.1, 0.15) is 17.2 Å². The molecule has 0 fully saturated rings. The Labute approximate surface area is 170 Å². The maximum atomic E-state index is 14.1. The van der Waals surface area contributed by atoms with Crippen LogP contribution < -0.4 is 15.8 Å². The molecule has 0 saturated heterocycles. The summed E-state index contributed by atoms with van der Waals surface area (Å²) in [5, 5.41) is 2.65. The molecular formula is C18H12F5N7O. The zero-order chi connectivity index (χ0) is 22.3. The molecule has 0 aliphatic carbocycles. The Bertz CT molecular complexity index is 1290. The summed E-state index contributed by atoms with van der Waals surface area (Å²) in [4.78, 5) is 16.0. The van der Waals surface area contributed by atoms with Gasteiger partial charge in [0, 0.05) is 23.9 Å². The summed E-state index contributed by atoms with van der Waals surface area (Å²) in [5.41, 5.74) is 5.79. The van der Waals surface area contributed by atoms with E-state index in [9.17, 15) is 22.0 Å². The second-order valence-electron chi connectivity index (χ2n) is 6.22. The molecule has 0 radical (unpaired) electrons. The first-order chi connectivity index (χ1) is 14.7. The topological polar surface area (TPSA) is 104 Å². The molecule has 2 aromatic carbocycles. The van der Waals surface area contributed by atoms with E-state index >= 15 is 0 Å². The van der Waals surface area contributed by atoms with Gasteiger partial charge in [-0.1, -0.05) is 0 Å². The molecule has 2 heterocycles. The molecule has 31 heavy (non-hydrogen) atoms. The largest absolute Gasteiger partial charge is 0.432 e. The van der Waals surface area contributed by atoms with Gasteiger partial charge in [-0.15, -0.1) is 0 Å². The number of alkyl halides is 2. The van der Waals surface area contributed by atoms with Crippen molar-refractivity contribution in [3.05, 3.63) is 53.6 Å². The molecule has 4 aromatic rings. The number of nitrogens with two attached hydrogens (primary N) is 1. The fourth-order valence-corrected chi connectivity index (χ4v) is 2.91. The van der Waals surface area contributed by atoms with E-state index in [2.05, 4.69) is 30.0 Å². The van der Waals surface area contributed by atoms with Crippen molar-refractivity contribution in [2.75, 3.05) is 11.1 Å². The number of fused-ring (bicyclic) bond motifs is 1. The number of halogens is 5. The summed E-state index contributed by atoms with van der Waals surface area (Å²) in [6, 6.07) is 4.89. The zero-order valence-electron chi connectivity index (χ0n) is 15.6. The zero-order valence-corrected chi connectivity index (χ0v) is 15.6. The SMILES string of the molecule is Cc1nc2c(F)cc(F)cc2n1-c1nc(N)nc(Nc2ccc(OC(F)F)c(F)c2)n1. The fraction of sp³-hybridized carbons (Fsp3) is 0.111. The molecule has 160 valence electrons. The van der Waals surface area contributed by atoms with Crippen LogP contribution in [-0.2, 0) is 0 Å². The molecule has 8 nitrogen and oxygen atoms in total. The van der Waals surface area contributed by atoms with Gasteiger partial charge >= 0.3 is 6.61 Å².